The number of rotatable bonds is 4. The number of nitrogens with one attached hydrogen (secondary N) is 1. The Kier molecular flexibility index (Phi) is 4.37. The van der Waals surface area contributed by atoms with E-state index in [-0.39, 0.29) is 5.91 Å². The molecule has 92 valence electrons. The average molecular weight is 253 g/mol. The van der Waals surface area contributed by atoms with Crippen molar-refractivity contribution in [3.05, 3.63) is 23.4 Å². The summed E-state index contributed by atoms with van der Waals surface area (Å²) >= 11 is 5.82. The van der Waals surface area contributed by atoms with Crippen LogP contribution in [0.2, 0.25) is 5.02 Å². The van der Waals surface area contributed by atoms with Gasteiger partial charge in [0.15, 0.2) is 0 Å². The summed E-state index contributed by atoms with van der Waals surface area (Å²) in [6.45, 7) is 0. The van der Waals surface area contributed by atoms with Gasteiger partial charge in [0.2, 0.25) is 5.91 Å². The molecule has 1 saturated carbocycles. The van der Waals surface area contributed by atoms with Crippen LogP contribution in [-0.4, -0.2) is 10.9 Å². The van der Waals surface area contributed by atoms with Crippen LogP contribution in [0.15, 0.2) is 18.3 Å². The lowest BCUT2D eigenvalue weighted by atomic mass is 10.0. The lowest BCUT2D eigenvalue weighted by Gasteiger charge is -2.08. The maximum atomic E-state index is 11.7. The molecule has 3 nitrogen and oxygen atoms in total. The Bertz CT molecular complexity index is 389. The predicted octanol–water partition coefficient (Wildman–Crippen LogP) is 3.64. The lowest BCUT2D eigenvalue weighted by molar-refractivity contribution is -0.116. The minimum absolute atomic E-state index is 0.0340. The highest BCUT2D eigenvalue weighted by atomic mass is 35.5. The van der Waals surface area contributed by atoms with Crippen LogP contribution < -0.4 is 5.32 Å². The van der Waals surface area contributed by atoms with Crippen LogP contribution in [0.1, 0.15) is 38.5 Å². The highest BCUT2D eigenvalue weighted by Crippen LogP contribution is 2.28. The van der Waals surface area contributed by atoms with Gasteiger partial charge in [-0.1, -0.05) is 37.3 Å². The van der Waals surface area contributed by atoms with Crippen molar-refractivity contribution in [2.24, 2.45) is 5.92 Å². The third-order valence-electron chi connectivity index (χ3n) is 3.24. The van der Waals surface area contributed by atoms with Gasteiger partial charge in [-0.3, -0.25) is 4.79 Å². The van der Waals surface area contributed by atoms with Gasteiger partial charge in [0.05, 0.1) is 0 Å². The first-order valence-corrected chi connectivity index (χ1v) is 6.53. The molecule has 1 N–H and O–H groups in total. The number of anilines is 1. The van der Waals surface area contributed by atoms with Crippen molar-refractivity contribution in [2.75, 3.05) is 5.32 Å². The number of aromatic nitrogens is 1. The molecule has 0 aromatic carbocycles. The topological polar surface area (TPSA) is 42.0 Å². The third-order valence-corrected chi connectivity index (χ3v) is 3.48. The zero-order chi connectivity index (χ0) is 12.1. The van der Waals surface area contributed by atoms with Crippen molar-refractivity contribution < 1.29 is 4.79 Å². The van der Waals surface area contributed by atoms with Gasteiger partial charge >= 0.3 is 0 Å². The van der Waals surface area contributed by atoms with Gasteiger partial charge in [0.1, 0.15) is 5.82 Å². The van der Waals surface area contributed by atoms with E-state index in [9.17, 15) is 4.79 Å². The van der Waals surface area contributed by atoms with E-state index in [2.05, 4.69) is 10.3 Å². The van der Waals surface area contributed by atoms with E-state index in [0.717, 1.165) is 12.3 Å². The lowest BCUT2D eigenvalue weighted by Crippen LogP contribution is -2.13. The smallest absolute Gasteiger partial charge is 0.225 e. The molecule has 1 aromatic heterocycles. The van der Waals surface area contributed by atoms with Crippen molar-refractivity contribution >= 4 is 23.3 Å². The number of halogens is 1. The Morgan fingerprint density at radius 2 is 2.24 bits per heavy atom. The van der Waals surface area contributed by atoms with Crippen molar-refractivity contribution in [2.45, 2.75) is 38.5 Å². The van der Waals surface area contributed by atoms with Crippen molar-refractivity contribution in [1.29, 1.82) is 0 Å². The van der Waals surface area contributed by atoms with E-state index >= 15 is 0 Å². The molecule has 0 unspecified atom stereocenters. The summed E-state index contributed by atoms with van der Waals surface area (Å²) in [7, 11) is 0. The Morgan fingerprint density at radius 3 is 2.94 bits per heavy atom. The van der Waals surface area contributed by atoms with E-state index in [1.807, 2.05) is 0 Å². The molecule has 17 heavy (non-hydrogen) atoms. The maximum absolute atomic E-state index is 11.7. The molecule has 0 aliphatic heterocycles. The fourth-order valence-electron chi connectivity index (χ4n) is 2.31. The zero-order valence-corrected chi connectivity index (χ0v) is 10.5. The fourth-order valence-corrected chi connectivity index (χ4v) is 2.47. The molecule has 1 aliphatic rings. The zero-order valence-electron chi connectivity index (χ0n) is 9.79. The molecule has 0 bridgehead atoms. The molecule has 0 radical (unpaired) electrons. The van der Waals surface area contributed by atoms with E-state index in [1.54, 1.807) is 18.3 Å². The van der Waals surface area contributed by atoms with E-state index in [4.69, 9.17) is 11.6 Å². The van der Waals surface area contributed by atoms with Gasteiger partial charge in [-0.15, -0.1) is 0 Å². The molecule has 4 heteroatoms. The number of pyridine rings is 1. The standard InChI is InChI=1S/C13H17ClN2O/c14-11-7-8-15-12(9-11)16-13(17)6-5-10-3-1-2-4-10/h7-10H,1-6H2,(H,15,16,17). The summed E-state index contributed by atoms with van der Waals surface area (Å²) in [6.07, 6.45) is 8.37. The van der Waals surface area contributed by atoms with Gasteiger partial charge in [-0.05, 0) is 24.5 Å². The van der Waals surface area contributed by atoms with Crippen LogP contribution in [0.3, 0.4) is 0 Å². The number of amides is 1. The Morgan fingerprint density at radius 1 is 1.47 bits per heavy atom. The minimum Gasteiger partial charge on any atom is -0.311 e. The molecule has 1 amide bonds. The normalized spacial score (nSPS) is 16.1. The molecule has 2 rings (SSSR count). The SMILES string of the molecule is O=C(CCC1CCCC1)Nc1cc(Cl)ccn1. The molecular weight excluding hydrogens is 236 g/mol. The van der Waals surface area contributed by atoms with Crippen LogP contribution in [-0.2, 0) is 4.79 Å². The van der Waals surface area contributed by atoms with E-state index < -0.39 is 0 Å². The van der Waals surface area contributed by atoms with Gasteiger partial charge < -0.3 is 5.32 Å². The molecule has 0 atom stereocenters. The van der Waals surface area contributed by atoms with Crippen molar-refractivity contribution in [3.8, 4) is 0 Å². The van der Waals surface area contributed by atoms with Crippen molar-refractivity contribution in [3.63, 3.8) is 0 Å². The molecule has 1 aliphatic carbocycles. The van der Waals surface area contributed by atoms with Crippen molar-refractivity contribution in [1.82, 2.24) is 4.98 Å². The molecule has 0 saturated heterocycles. The van der Waals surface area contributed by atoms with E-state index in [1.165, 1.54) is 25.7 Å². The van der Waals surface area contributed by atoms with Gasteiger partial charge in [-0.25, -0.2) is 4.98 Å². The second-order valence-electron chi connectivity index (χ2n) is 4.60. The number of carbonyl (C=O) groups excluding carboxylic acids is 1. The first kappa shape index (κ1) is 12.4. The summed E-state index contributed by atoms with van der Waals surface area (Å²) < 4.78 is 0. The van der Waals surface area contributed by atoms with Gasteiger partial charge in [-0.2, -0.15) is 0 Å². The van der Waals surface area contributed by atoms with Gasteiger partial charge in [0, 0.05) is 17.6 Å². The monoisotopic (exact) mass is 252 g/mol. The summed E-state index contributed by atoms with van der Waals surface area (Å²) in [5, 5.41) is 3.36. The summed E-state index contributed by atoms with van der Waals surface area (Å²) in [6, 6.07) is 3.35. The highest BCUT2D eigenvalue weighted by Gasteiger charge is 2.16. The van der Waals surface area contributed by atoms with Crippen LogP contribution in [0.4, 0.5) is 5.82 Å². The van der Waals surface area contributed by atoms with Crippen LogP contribution in [0, 0.1) is 5.92 Å². The number of hydrogen-bond donors (Lipinski definition) is 1. The third kappa shape index (κ3) is 4.00. The fraction of sp³-hybridized carbons (Fsp3) is 0.538. The summed E-state index contributed by atoms with van der Waals surface area (Å²) in [5.74, 6) is 1.31. The first-order valence-electron chi connectivity index (χ1n) is 6.15. The minimum atomic E-state index is 0.0340. The molecule has 1 heterocycles. The van der Waals surface area contributed by atoms with Crippen LogP contribution in [0.5, 0.6) is 0 Å². The average Bonchev–Trinajstić information content (AvgIpc) is 2.79. The Labute approximate surface area is 107 Å². The number of hydrogen-bond acceptors (Lipinski definition) is 2. The largest absolute Gasteiger partial charge is 0.311 e. The summed E-state index contributed by atoms with van der Waals surface area (Å²) in [4.78, 5) is 15.7. The Hall–Kier alpha value is -1.09. The number of carbonyl (C=O) groups is 1. The highest BCUT2D eigenvalue weighted by molar-refractivity contribution is 6.30. The van der Waals surface area contributed by atoms with E-state index in [0.29, 0.717) is 17.3 Å². The van der Waals surface area contributed by atoms with Crippen LogP contribution >= 0.6 is 11.6 Å². The Balaban J connectivity index is 1.76. The van der Waals surface area contributed by atoms with Crippen LogP contribution in [0.25, 0.3) is 0 Å². The second-order valence-corrected chi connectivity index (χ2v) is 5.03. The molecular formula is C13H17ClN2O. The first-order chi connectivity index (χ1) is 8.24. The molecule has 0 spiro atoms. The maximum Gasteiger partial charge on any atom is 0.225 e. The molecule has 1 fully saturated rings. The number of nitrogens with zero attached hydrogens (tertiary/aromatic N) is 1. The molecule has 1 aromatic rings. The summed E-state index contributed by atoms with van der Waals surface area (Å²) in [5.41, 5.74) is 0. The second kappa shape index (κ2) is 6.01. The quantitative estimate of drug-likeness (QED) is 0.889. The van der Waals surface area contributed by atoms with Gasteiger partial charge in [0.25, 0.3) is 0 Å². The predicted molar refractivity (Wildman–Crippen MR) is 69.1 cm³/mol.